The van der Waals surface area contributed by atoms with Gasteiger partial charge in [-0.15, -0.1) is 0 Å². The van der Waals surface area contributed by atoms with E-state index in [4.69, 9.17) is 0 Å². The second kappa shape index (κ2) is 5.81. The van der Waals surface area contributed by atoms with Gasteiger partial charge in [-0.3, -0.25) is 0 Å². The average Bonchev–Trinajstić information content (AvgIpc) is 2.88. The molecule has 0 aliphatic heterocycles. The Kier molecular flexibility index (Phi) is 3.88. The number of anilines is 1. The van der Waals surface area contributed by atoms with E-state index in [9.17, 15) is 4.39 Å². The zero-order chi connectivity index (χ0) is 14.8. The molecule has 0 spiro atoms. The molecule has 21 heavy (non-hydrogen) atoms. The summed E-state index contributed by atoms with van der Waals surface area (Å²) in [5.41, 5.74) is 1.48. The molecule has 3 rings (SSSR count). The fourth-order valence-corrected chi connectivity index (χ4v) is 2.80. The predicted octanol–water partition coefficient (Wildman–Crippen LogP) is 4.19. The van der Waals surface area contributed by atoms with Crippen molar-refractivity contribution in [2.45, 2.75) is 19.4 Å². The summed E-state index contributed by atoms with van der Waals surface area (Å²) in [4.78, 5) is 4.36. The van der Waals surface area contributed by atoms with E-state index >= 15 is 0 Å². The van der Waals surface area contributed by atoms with Gasteiger partial charge < -0.3 is 5.32 Å². The molecule has 0 unspecified atom stereocenters. The first kappa shape index (κ1) is 14.0. The molecule has 1 N–H and O–H groups in total. The molecule has 108 valence electrons. The molecule has 3 aromatic rings. The summed E-state index contributed by atoms with van der Waals surface area (Å²) < 4.78 is 16.6. The van der Waals surface area contributed by atoms with Crippen LogP contribution in [0.1, 0.15) is 24.9 Å². The normalized spacial score (nSPS) is 12.5. The lowest BCUT2D eigenvalue weighted by molar-refractivity contribution is 0.587. The van der Waals surface area contributed by atoms with Gasteiger partial charge in [-0.2, -0.15) is 5.10 Å². The van der Waals surface area contributed by atoms with Crippen LogP contribution in [0.15, 0.2) is 47.3 Å². The van der Waals surface area contributed by atoms with Crippen molar-refractivity contribution in [3.63, 3.8) is 0 Å². The molecule has 2 aromatic heterocycles. The molecule has 0 fully saturated rings. The van der Waals surface area contributed by atoms with Crippen molar-refractivity contribution in [3.05, 3.63) is 58.7 Å². The minimum absolute atomic E-state index is 0.147. The van der Waals surface area contributed by atoms with Gasteiger partial charge in [-0.25, -0.2) is 13.9 Å². The molecular weight excluding hydrogens is 335 g/mol. The molecule has 0 amide bonds. The first-order valence-electron chi connectivity index (χ1n) is 6.69. The van der Waals surface area contributed by atoms with Crippen molar-refractivity contribution < 1.29 is 4.39 Å². The Morgan fingerprint density at radius 3 is 2.95 bits per heavy atom. The largest absolute Gasteiger partial charge is 0.361 e. The minimum atomic E-state index is -0.212. The minimum Gasteiger partial charge on any atom is -0.361 e. The molecule has 0 saturated heterocycles. The Balaban J connectivity index is 2.00. The van der Waals surface area contributed by atoms with Gasteiger partial charge in [0, 0.05) is 18.0 Å². The van der Waals surface area contributed by atoms with Crippen LogP contribution >= 0.6 is 15.9 Å². The van der Waals surface area contributed by atoms with E-state index < -0.39 is 0 Å². The molecule has 0 bridgehead atoms. The average molecular weight is 349 g/mol. The number of halogens is 2. The summed E-state index contributed by atoms with van der Waals surface area (Å²) in [6.45, 7) is 2.01. The van der Waals surface area contributed by atoms with Crippen molar-refractivity contribution in [1.29, 1.82) is 0 Å². The van der Waals surface area contributed by atoms with Crippen LogP contribution in [0.4, 0.5) is 10.2 Å². The third kappa shape index (κ3) is 2.63. The molecule has 1 atom stereocenters. The lowest BCUT2D eigenvalue weighted by Crippen LogP contribution is -2.13. The highest BCUT2D eigenvalue weighted by atomic mass is 79.9. The molecule has 0 aliphatic carbocycles. The van der Waals surface area contributed by atoms with Crippen LogP contribution in [0, 0.1) is 5.82 Å². The predicted molar refractivity (Wildman–Crippen MR) is 83.7 cm³/mol. The van der Waals surface area contributed by atoms with Crippen molar-refractivity contribution in [2.24, 2.45) is 0 Å². The molecular formula is C15H14BrFN4. The highest BCUT2D eigenvalue weighted by molar-refractivity contribution is 9.10. The van der Waals surface area contributed by atoms with Gasteiger partial charge in [-0.1, -0.05) is 25.1 Å². The number of aromatic nitrogens is 3. The summed E-state index contributed by atoms with van der Waals surface area (Å²) in [5.74, 6) is 0.466. The Labute approximate surface area is 130 Å². The van der Waals surface area contributed by atoms with Crippen molar-refractivity contribution in [3.8, 4) is 0 Å². The fraction of sp³-hybridized carbons (Fsp3) is 0.200. The van der Waals surface area contributed by atoms with Gasteiger partial charge in [0.15, 0.2) is 5.82 Å². The number of rotatable bonds is 4. The van der Waals surface area contributed by atoms with Crippen LogP contribution in [-0.2, 0) is 0 Å². The van der Waals surface area contributed by atoms with Crippen molar-refractivity contribution in [2.75, 3.05) is 5.32 Å². The van der Waals surface area contributed by atoms with E-state index in [0.29, 0.717) is 11.4 Å². The van der Waals surface area contributed by atoms with Gasteiger partial charge in [0.1, 0.15) is 11.3 Å². The van der Waals surface area contributed by atoms with E-state index in [0.717, 1.165) is 16.4 Å². The van der Waals surface area contributed by atoms with Crippen LogP contribution in [-0.4, -0.2) is 14.6 Å². The van der Waals surface area contributed by atoms with Crippen LogP contribution in [0.5, 0.6) is 0 Å². The lowest BCUT2D eigenvalue weighted by Gasteiger charge is -2.19. The fourth-order valence-electron chi connectivity index (χ4n) is 2.34. The Hall–Kier alpha value is -1.95. The Bertz CT molecular complexity index is 771. The molecule has 4 nitrogen and oxygen atoms in total. The van der Waals surface area contributed by atoms with Crippen LogP contribution in [0.25, 0.3) is 5.52 Å². The lowest BCUT2D eigenvalue weighted by atomic mass is 10.0. The second-order valence-corrected chi connectivity index (χ2v) is 5.54. The number of benzene rings is 1. The molecule has 6 heteroatoms. The summed E-state index contributed by atoms with van der Waals surface area (Å²) in [6.07, 6.45) is 5.90. The maximum atomic E-state index is 14.0. The third-order valence-corrected chi connectivity index (χ3v) is 3.97. The molecule has 0 saturated carbocycles. The van der Waals surface area contributed by atoms with E-state index in [-0.39, 0.29) is 11.9 Å². The number of hydrogen-bond acceptors (Lipinski definition) is 3. The first-order valence-corrected chi connectivity index (χ1v) is 7.48. The molecule has 2 heterocycles. The Morgan fingerprint density at radius 2 is 2.19 bits per heavy atom. The number of fused-ring (bicyclic) bond motifs is 1. The van der Waals surface area contributed by atoms with Crippen LogP contribution in [0.3, 0.4) is 0 Å². The number of hydrogen-bond donors (Lipinski definition) is 1. The van der Waals surface area contributed by atoms with Crippen LogP contribution < -0.4 is 5.32 Å². The standard InChI is InChI=1S/C15H14BrFN4/c1-2-13(10-5-3-4-6-12(10)17)20-15-14-11(16)9-19-21(14)8-7-18-15/h3-9,13H,2H2,1H3,(H,18,20)/t13-/m1/s1. The maximum absolute atomic E-state index is 14.0. The van der Waals surface area contributed by atoms with Gasteiger partial charge in [-0.05, 0) is 28.4 Å². The first-order chi connectivity index (χ1) is 10.2. The van der Waals surface area contributed by atoms with Crippen LogP contribution in [0.2, 0.25) is 0 Å². The van der Waals surface area contributed by atoms with E-state index in [1.807, 2.05) is 13.0 Å². The highest BCUT2D eigenvalue weighted by Gasteiger charge is 2.16. The van der Waals surface area contributed by atoms with E-state index in [1.54, 1.807) is 35.2 Å². The highest BCUT2D eigenvalue weighted by Crippen LogP contribution is 2.28. The quantitative estimate of drug-likeness (QED) is 0.768. The van der Waals surface area contributed by atoms with Crippen molar-refractivity contribution >= 4 is 27.3 Å². The van der Waals surface area contributed by atoms with Gasteiger partial charge >= 0.3 is 0 Å². The molecule has 1 aromatic carbocycles. The molecule has 0 aliphatic rings. The number of nitrogens with one attached hydrogen (secondary N) is 1. The Morgan fingerprint density at radius 1 is 1.38 bits per heavy atom. The SMILES string of the molecule is CC[C@@H](Nc1nccn2ncc(Br)c12)c1ccccc1F. The summed E-state index contributed by atoms with van der Waals surface area (Å²) in [7, 11) is 0. The summed E-state index contributed by atoms with van der Waals surface area (Å²) >= 11 is 3.46. The summed E-state index contributed by atoms with van der Waals surface area (Å²) in [6, 6.07) is 6.65. The van der Waals surface area contributed by atoms with E-state index in [1.165, 1.54) is 6.07 Å². The second-order valence-electron chi connectivity index (χ2n) is 4.69. The smallest absolute Gasteiger partial charge is 0.153 e. The number of nitrogens with zero attached hydrogens (tertiary/aromatic N) is 3. The maximum Gasteiger partial charge on any atom is 0.153 e. The monoisotopic (exact) mass is 348 g/mol. The third-order valence-electron chi connectivity index (χ3n) is 3.39. The van der Waals surface area contributed by atoms with Gasteiger partial charge in [0.2, 0.25) is 0 Å². The summed E-state index contributed by atoms with van der Waals surface area (Å²) in [5, 5.41) is 7.53. The molecule has 0 radical (unpaired) electrons. The zero-order valence-corrected chi connectivity index (χ0v) is 13.0. The van der Waals surface area contributed by atoms with Gasteiger partial charge in [0.05, 0.1) is 16.7 Å². The van der Waals surface area contributed by atoms with Gasteiger partial charge in [0.25, 0.3) is 0 Å². The van der Waals surface area contributed by atoms with E-state index in [2.05, 4.69) is 31.3 Å². The van der Waals surface area contributed by atoms with Crippen molar-refractivity contribution in [1.82, 2.24) is 14.6 Å². The zero-order valence-electron chi connectivity index (χ0n) is 11.4. The topological polar surface area (TPSA) is 42.2 Å².